The molecule has 0 unspecified atom stereocenters. The van der Waals surface area contributed by atoms with Gasteiger partial charge in [0.15, 0.2) is 0 Å². The zero-order chi connectivity index (χ0) is 20.3. The van der Waals surface area contributed by atoms with Crippen LogP contribution in [0.25, 0.3) is 0 Å². The minimum Gasteiger partial charge on any atom is -0.406 e. The van der Waals surface area contributed by atoms with Crippen molar-refractivity contribution < 1.29 is 27.6 Å². The van der Waals surface area contributed by atoms with Crippen molar-refractivity contribution in [3.63, 3.8) is 0 Å². The Morgan fingerprint density at radius 3 is 2.32 bits per heavy atom. The molecule has 2 aromatic rings. The van der Waals surface area contributed by atoms with Gasteiger partial charge in [-0.3, -0.25) is 14.9 Å². The second-order valence-electron chi connectivity index (χ2n) is 6.18. The fourth-order valence-corrected chi connectivity index (χ4v) is 2.98. The maximum absolute atomic E-state index is 12.4. The first-order valence-electron chi connectivity index (χ1n) is 8.43. The zero-order valence-corrected chi connectivity index (χ0v) is 14.5. The quantitative estimate of drug-likeness (QED) is 0.601. The fourth-order valence-electron chi connectivity index (χ4n) is 2.98. The predicted octanol–water partition coefficient (Wildman–Crippen LogP) is 4.35. The van der Waals surface area contributed by atoms with E-state index >= 15 is 0 Å². The van der Waals surface area contributed by atoms with Crippen LogP contribution in [0.15, 0.2) is 42.5 Å². The smallest absolute Gasteiger partial charge is 0.406 e. The highest BCUT2D eigenvalue weighted by atomic mass is 19.4. The van der Waals surface area contributed by atoms with E-state index in [2.05, 4.69) is 10.1 Å². The standard InChI is InChI=1S/C18H16F3N3O4/c19-18(20,21)28-14-6-4-13(5-7-14)22-17(25)12-3-8-15(16(11-12)24(26)27)23-9-1-2-10-23/h3-8,11H,1-2,9-10H2,(H,22,25). The van der Waals surface area contributed by atoms with Gasteiger partial charge in [-0.05, 0) is 49.2 Å². The maximum atomic E-state index is 12.4. The Hall–Kier alpha value is -3.30. The van der Waals surface area contributed by atoms with E-state index in [1.165, 1.54) is 24.3 Å². The number of carbonyl (C=O) groups excluding carboxylic acids is 1. The molecular formula is C18H16F3N3O4. The molecule has 148 valence electrons. The summed E-state index contributed by atoms with van der Waals surface area (Å²) < 4.78 is 40.3. The number of halogens is 3. The Bertz CT molecular complexity index is 879. The fraction of sp³-hybridized carbons (Fsp3) is 0.278. The lowest BCUT2D eigenvalue weighted by molar-refractivity contribution is -0.384. The van der Waals surface area contributed by atoms with E-state index in [9.17, 15) is 28.1 Å². The minimum atomic E-state index is -4.80. The minimum absolute atomic E-state index is 0.0743. The number of nitrogens with zero attached hydrogens (tertiary/aromatic N) is 2. The predicted molar refractivity (Wildman–Crippen MR) is 95.6 cm³/mol. The lowest BCUT2D eigenvalue weighted by Gasteiger charge is -2.17. The highest BCUT2D eigenvalue weighted by Crippen LogP contribution is 2.32. The largest absolute Gasteiger partial charge is 0.573 e. The van der Waals surface area contributed by atoms with Crippen molar-refractivity contribution in [3.8, 4) is 5.75 Å². The van der Waals surface area contributed by atoms with Crippen molar-refractivity contribution in [2.24, 2.45) is 0 Å². The molecule has 0 radical (unpaired) electrons. The molecule has 0 spiro atoms. The number of nitro groups is 1. The number of benzene rings is 2. The lowest BCUT2D eigenvalue weighted by Crippen LogP contribution is -2.20. The van der Waals surface area contributed by atoms with Crippen LogP contribution in [0.4, 0.5) is 30.2 Å². The lowest BCUT2D eigenvalue weighted by atomic mass is 10.1. The van der Waals surface area contributed by atoms with Crippen LogP contribution in [0.5, 0.6) is 5.75 Å². The highest BCUT2D eigenvalue weighted by molar-refractivity contribution is 6.05. The monoisotopic (exact) mass is 395 g/mol. The van der Waals surface area contributed by atoms with Crippen molar-refractivity contribution in [1.29, 1.82) is 0 Å². The number of amides is 1. The van der Waals surface area contributed by atoms with Crippen molar-refractivity contribution in [3.05, 3.63) is 58.1 Å². The van der Waals surface area contributed by atoms with E-state index in [1.54, 1.807) is 6.07 Å². The number of hydrogen-bond donors (Lipinski definition) is 1. The van der Waals surface area contributed by atoms with Crippen LogP contribution in [-0.2, 0) is 0 Å². The SMILES string of the molecule is O=C(Nc1ccc(OC(F)(F)F)cc1)c1ccc(N2CCCC2)c([N+](=O)[O-])c1. The molecule has 3 rings (SSSR count). The summed E-state index contributed by atoms with van der Waals surface area (Å²) in [4.78, 5) is 25.1. The van der Waals surface area contributed by atoms with Gasteiger partial charge in [-0.25, -0.2) is 0 Å². The summed E-state index contributed by atoms with van der Waals surface area (Å²) in [6.07, 6.45) is -2.90. The molecule has 1 saturated heterocycles. The van der Waals surface area contributed by atoms with Gasteiger partial charge in [0.25, 0.3) is 11.6 Å². The van der Waals surface area contributed by atoms with Gasteiger partial charge in [0.1, 0.15) is 11.4 Å². The number of ether oxygens (including phenoxy) is 1. The van der Waals surface area contributed by atoms with Gasteiger partial charge >= 0.3 is 6.36 Å². The number of carbonyl (C=O) groups is 1. The first-order chi connectivity index (χ1) is 13.2. The molecule has 1 heterocycles. The molecule has 1 amide bonds. The third kappa shape index (κ3) is 4.70. The molecule has 1 aliphatic heterocycles. The molecule has 0 saturated carbocycles. The molecule has 0 aromatic heterocycles. The van der Waals surface area contributed by atoms with Crippen LogP contribution < -0.4 is 15.0 Å². The number of nitrogens with one attached hydrogen (secondary N) is 1. The molecule has 1 N–H and O–H groups in total. The molecule has 7 nitrogen and oxygen atoms in total. The number of hydrogen-bond acceptors (Lipinski definition) is 5. The van der Waals surface area contributed by atoms with Crippen molar-refractivity contribution in [2.45, 2.75) is 19.2 Å². The van der Waals surface area contributed by atoms with Crippen molar-refractivity contribution in [1.82, 2.24) is 0 Å². The molecule has 1 fully saturated rings. The molecule has 10 heteroatoms. The summed E-state index contributed by atoms with van der Waals surface area (Å²) in [5.74, 6) is -1.03. The average Bonchev–Trinajstić information content (AvgIpc) is 3.16. The Morgan fingerprint density at radius 2 is 1.75 bits per heavy atom. The Labute approximate surface area is 157 Å². The third-order valence-corrected chi connectivity index (χ3v) is 4.23. The van der Waals surface area contributed by atoms with Crippen molar-refractivity contribution in [2.75, 3.05) is 23.3 Å². The molecule has 2 aromatic carbocycles. The number of rotatable bonds is 5. The summed E-state index contributed by atoms with van der Waals surface area (Å²) in [5.41, 5.74) is 0.604. The molecule has 1 aliphatic rings. The Balaban J connectivity index is 1.75. The maximum Gasteiger partial charge on any atom is 0.573 e. The van der Waals surface area contributed by atoms with Crippen LogP contribution in [0.3, 0.4) is 0 Å². The van der Waals surface area contributed by atoms with Crippen molar-refractivity contribution >= 4 is 23.0 Å². The Morgan fingerprint density at radius 1 is 1.11 bits per heavy atom. The van der Waals surface area contributed by atoms with Gasteiger partial charge in [-0.15, -0.1) is 13.2 Å². The van der Waals surface area contributed by atoms with E-state index in [0.717, 1.165) is 38.1 Å². The second-order valence-corrected chi connectivity index (χ2v) is 6.18. The van der Waals surface area contributed by atoms with Crippen LogP contribution in [0.2, 0.25) is 0 Å². The summed E-state index contributed by atoms with van der Waals surface area (Å²) in [5, 5.41) is 13.9. The summed E-state index contributed by atoms with van der Waals surface area (Å²) in [6, 6.07) is 8.82. The van der Waals surface area contributed by atoms with E-state index in [0.29, 0.717) is 5.69 Å². The van der Waals surface area contributed by atoms with Gasteiger partial charge < -0.3 is 15.0 Å². The first kappa shape index (κ1) is 19.5. The third-order valence-electron chi connectivity index (χ3n) is 4.23. The van der Waals surface area contributed by atoms with Gasteiger partial charge in [-0.1, -0.05) is 0 Å². The Kier molecular flexibility index (Phi) is 5.39. The topological polar surface area (TPSA) is 84.7 Å². The second kappa shape index (κ2) is 7.75. The van der Waals surface area contributed by atoms with Gasteiger partial charge in [0, 0.05) is 30.4 Å². The molecule has 0 bridgehead atoms. The van der Waals surface area contributed by atoms with Crippen LogP contribution >= 0.6 is 0 Å². The van der Waals surface area contributed by atoms with E-state index in [-0.39, 0.29) is 16.9 Å². The van der Waals surface area contributed by atoms with E-state index in [4.69, 9.17) is 0 Å². The van der Waals surface area contributed by atoms with Crippen LogP contribution in [-0.4, -0.2) is 30.3 Å². The van der Waals surface area contributed by atoms with Gasteiger partial charge in [0.2, 0.25) is 0 Å². The summed E-state index contributed by atoms with van der Waals surface area (Å²) in [6.45, 7) is 1.44. The summed E-state index contributed by atoms with van der Waals surface area (Å²) >= 11 is 0. The average molecular weight is 395 g/mol. The first-order valence-corrected chi connectivity index (χ1v) is 8.43. The van der Waals surface area contributed by atoms with Gasteiger partial charge in [0.05, 0.1) is 4.92 Å². The van der Waals surface area contributed by atoms with Crippen LogP contribution in [0.1, 0.15) is 23.2 Å². The zero-order valence-electron chi connectivity index (χ0n) is 14.5. The number of alkyl halides is 3. The van der Waals surface area contributed by atoms with E-state index < -0.39 is 22.9 Å². The molecular weight excluding hydrogens is 379 g/mol. The normalized spacial score (nSPS) is 14.0. The van der Waals surface area contributed by atoms with E-state index in [1.807, 2.05) is 4.90 Å². The van der Waals surface area contributed by atoms with Crippen LogP contribution in [0, 0.1) is 10.1 Å². The summed E-state index contributed by atoms with van der Waals surface area (Å²) in [7, 11) is 0. The molecule has 0 atom stereocenters. The highest BCUT2D eigenvalue weighted by Gasteiger charge is 2.31. The van der Waals surface area contributed by atoms with Gasteiger partial charge in [-0.2, -0.15) is 0 Å². The number of nitro benzene ring substituents is 1. The molecule has 28 heavy (non-hydrogen) atoms. The number of anilines is 2. The molecule has 0 aliphatic carbocycles.